The predicted octanol–water partition coefficient (Wildman–Crippen LogP) is 14.5. The largest absolute Gasteiger partial charge is 0.398 e. The summed E-state index contributed by atoms with van der Waals surface area (Å²) in [5, 5.41) is 7.15. The molecule has 302 valence electrons. The Morgan fingerprint density at radius 3 is 0.980 bits per heavy atom. The maximum atomic E-state index is 11.8. The molecule has 1 atom stereocenters. The molecule has 0 heterocycles. The van der Waals surface area contributed by atoms with Crippen molar-refractivity contribution < 1.29 is 9.59 Å². The zero-order chi connectivity index (χ0) is 41.4. The zero-order valence-corrected chi connectivity index (χ0v) is 38.0. The van der Waals surface area contributed by atoms with Crippen molar-refractivity contribution >= 4 is 23.0 Å². The number of rotatable bonds is 2. The fourth-order valence-corrected chi connectivity index (χ4v) is 1.79. The third-order valence-electron chi connectivity index (χ3n) is 7.35. The number of nitrogens with one attached hydrogen (secondary N) is 1. The van der Waals surface area contributed by atoms with Gasteiger partial charge in [0.25, 0.3) is 0 Å². The molecule has 5 heteroatoms. The molecule has 5 N–H and O–H groups in total. The summed E-state index contributed by atoms with van der Waals surface area (Å²) in [6.45, 7) is 51.8. The van der Waals surface area contributed by atoms with Gasteiger partial charge in [-0.2, -0.15) is 0 Å². The van der Waals surface area contributed by atoms with E-state index < -0.39 is 0 Å². The van der Waals surface area contributed by atoms with Crippen LogP contribution in [0.25, 0.3) is 0 Å². The van der Waals surface area contributed by atoms with E-state index in [-0.39, 0.29) is 41.3 Å². The first-order valence-corrected chi connectivity index (χ1v) is 18.7. The van der Waals surface area contributed by atoms with E-state index >= 15 is 0 Å². The molecule has 1 rings (SSSR count). The quantitative estimate of drug-likeness (QED) is 0.161. The maximum Gasteiger partial charge on any atom is 0.170 e. The third-order valence-corrected chi connectivity index (χ3v) is 7.35. The Labute approximate surface area is 316 Å². The molecule has 50 heavy (non-hydrogen) atoms. The summed E-state index contributed by atoms with van der Waals surface area (Å²) < 4.78 is 0. The molecule has 0 spiro atoms. The molecule has 0 aromatic heterocycles. The number of hydrogen-bond acceptors (Lipinski definition) is 5. The van der Waals surface area contributed by atoms with Crippen molar-refractivity contribution in [3.8, 4) is 0 Å². The van der Waals surface area contributed by atoms with Gasteiger partial charge in [0.2, 0.25) is 0 Å². The minimum Gasteiger partial charge on any atom is -0.398 e. The fourth-order valence-electron chi connectivity index (χ4n) is 1.79. The Balaban J connectivity index is -0.0000000901. The molecule has 1 aromatic rings. The number of Topliss-reactive ketones (excluding diaryl/α,β-unsaturated/α-hetero) is 2. The highest BCUT2D eigenvalue weighted by atomic mass is 16.1. The van der Waals surface area contributed by atoms with Gasteiger partial charge in [-0.3, -0.25) is 9.59 Å². The number of para-hydroxylation sites is 1. The van der Waals surface area contributed by atoms with Gasteiger partial charge in [-0.1, -0.05) is 198 Å². The van der Waals surface area contributed by atoms with Gasteiger partial charge in [0.1, 0.15) is 0 Å². The molecule has 0 radical (unpaired) electrons. The molecule has 5 nitrogen and oxygen atoms in total. The second-order valence-electron chi connectivity index (χ2n) is 19.2. The summed E-state index contributed by atoms with van der Waals surface area (Å²) in [7, 11) is 0. The lowest BCUT2D eigenvalue weighted by atomic mass is 9.86. The molecule has 0 saturated heterocycles. The SMILES string of the molecule is C.CC.CC(=N)C(C)(C)C.CC(C)(C)C(=O)c1ccccc1N.CC(N)C(=O)C(C)(C)C.CCC(C)(C)C.CCC(C)(C)C.CCC(C)(C)C. The van der Waals surface area contributed by atoms with Crippen LogP contribution in [0.5, 0.6) is 0 Å². The van der Waals surface area contributed by atoms with Crippen LogP contribution in [-0.4, -0.2) is 23.3 Å². The zero-order valence-electron chi connectivity index (χ0n) is 38.0. The van der Waals surface area contributed by atoms with Crippen molar-refractivity contribution in [3.05, 3.63) is 29.8 Å². The Morgan fingerprint density at radius 1 is 0.620 bits per heavy atom. The van der Waals surface area contributed by atoms with Gasteiger partial charge in [0.05, 0.1) is 6.04 Å². The highest BCUT2D eigenvalue weighted by Crippen LogP contribution is 2.24. The molecule has 0 amide bonds. The van der Waals surface area contributed by atoms with Crippen molar-refractivity contribution in [3.63, 3.8) is 0 Å². The number of ketones is 2. The minimum atomic E-state index is -0.366. The molecule has 0 bridgehead atoms. The normalized spacial score (nSPS) is 11.7. The standard InChI is InChI=1S/C11H15NO.C7H15NO.C6H13N.3C6H14.C2H6.CH4/c1-11(2,3)10(13)8-6-4-5-7-9(8)12;1-5(8)6(9)7(2,3)4;1-5(7)6(2,3)4;3*1-5-6(2,3)4;1-2;/h4-7H,12H2,1-3H3;5H,8H2,1-4H3;7H,1-4H3;3*5H2,1-4H3;1-2H3;1H4. The minimum absolute atomic E-state index is 0. The summed E-state index contributed by atoms with van der Waals surface area (Å²) in [6, 6.07) is 6.84. The van der Waals surface area contributed by atoms with Crippen LogP contribution in [0.15, 0.2) is 24.3 Å². The summed E-state index contributed by atoms with van der Waals surface area (Å²) in [5.41, 5.74) is 14.1. The van der Waals surface area contributed by atoms with Gasteiger partial charge in [0, 0.05) is 27.8 Å². The van der Waals surface area contributed by atoms with Crippen molar-refractivity contribution in [2.75, 3.05) is 5.73 Å². The number of carbonyl (C=O) groups excluding carboxylic acids is 2. The average molecular weight is 710 g/mol. The van der Waals surface area contributed by atoms with Gasteiger partial charge < -0.3 is 16.9 Å². The van der Waals surface area contributed by atoms with E-state index in [1.54, 1.807) is 19.1 Å². The molecule has 0 aliphatic rings. The summed E-state index contributed by atoms with van der Waals surface area (Å²) in [5.74, 6) is 0.202. The first-order chi connectivity index (χ1) is 21.4. The van der Waals surface area contributed by atoms with Crippen molar-refractivity contribution in [2.45, 2.75) is 206 Å². The monoisotopic (exact) mass is 710 g/mol. The van der Waals surface area contributed by atoms with E-state index in [2.05, 4.69) is 83.1 Å². The number of nitrogen functional groups attached to an aromatic ring is 1. The van der Waals surface area contributed by atoms with E-state index in [9.17, 15) is 9.59 Å². The molecule has 0 saturated carbocycles. The second-order valence-corrected chi connectivity index (χ2v) is 19.2. The van der Waals surface area contributed by atoms with Gasteiger partial charge >= 0.3 is 0 Å². The Bertz CT molecular complexity index is 947. The number of nitrogens with two attached hydrogens (primary N) is 2. The van der Waals surface area contributed by atoms with Crippen LogP contribution in [0.4, 0.5) is 5.69 Å². The van der Waals surface area contributed by atoms with Gasteiger partial charge in [0.15, 0.2) is 11.6 Å². The van der Waals surface area contributed by atoms with Gasteiger partial charge in [-0.15, -0.1) is 0 Å². The first-order valence-electron chi connectivity index (χ1n) is 18.7. The first kappa shape index (κ1) is 63.1. The third kappa shape index (κ3) is 48.1. The van der Waals surface area contributed by atoms with Gasteiger partial charge in [-0.25, -0.2) is 0 Å². The molecule has 1 aromatic carbocycles. The van der Waals surface area contributed by atoms with Crippen LogP contribution in [0, 0.1) is 37.9 Å². The predicted molar refractivity (Wildman–Crippen MR) is 233 cm³/mol. The second kappa shape index (κ2) is 28.6. The van der Waals surface area contributed by atoms with Gasteiger partial charge in [-0.05, 0) is 47.6 Å². The van der Waals surface area contributed by atoms with Crippen molar-refractivity contribution in [1.29, 1.82) is 5.41 Å². The summed E-state index contributed by atoms with van der Waals surface area (Å²) >= 11 is 0. The maximum absolute atomic E-state index is 11.8. The molecule has 0 aliphatic carbocycles. The van der Waals surface area contributed by atoms with Crippen LogP contribution < -0.4 is 11.5 Å². The highest BCUT2D eigenvalue weighted by Gasteiger charge is 2.24. The van der Waals surface area contributed by atoms with E-state index in [0.717, 1.165) is 5.71 Å². The molecule has 0 fully saturated rings. The summed E-state index contributed by atoms with van der Waals surface area (Å²) in [6.07, 6.45) is 3.81. The Morgan fingerprint density at radius 2 is 0.860 bits per heavy atom. The molecule has 1 unspecified atom stereocenters. The topological polar surface area (TPSA) is 110 Å². The van der Waals surface area contributed by atoms with E-state index in [4.69, 9.17) is 16.9 Å². The molecule has 0 aliphatic heterocycles. The van der Waals surface area contributed by atoms with Crippen LogP contribution in [0.2, 0.25) is 0 Å². The Kier molecular flexibility index (Phi) is 36.0. The van der Waals surface area contributed by atoms with Crippen LogP contribution in [0.3, 0.4) is 0 Å². The number of hydrogen-bond donors (Lipinski definition) is 3. The van der Waals surface area contributed by atoms with E-state index in [1.165, 1.54) is 19.3 Å². The van der Waals surface area contributed by atoms with Crippen LogP contribution in [-0.2, 0) is 4.79 Å². The number of benzene rings is 1. The fraction of sp³-hybridized carbons (Fsp3) is 0.800. The summed E-state index contributed by atoms with van der Waals surface area (Å²) in [4.78, 5) is 22.8. The Hall–Kier alpha value is -2.01. The van der Waals surface area contributed by atoms with Crippen LogP contribution in [0.1, 0.15) is 210 Å². The number of anilines is 1. The van der Waals surface area contributed by atoms with Crippen molar-refractivity contribution in [1.82, 2.24) is 0 Å². The van der Waals surface area contributed by atoms with E-state index in [0.29, 0.717) is 27.5 Å². The number of carbonyl (C=O) groups is 2. The molecular formula is C45H95N3O2. The smallest absolute Gasteiger partial charge is 0.170 e. The van der Waals surface area contributed by atoms with Crippen LogP contribution >= 0.6 is 0 Å². The van der Waals surface area contributed by atoms with E-state index in [1.807, 2.05) is 95.2 Å². The average Bonchev–Trinajstić information content (AvgIpc) is 2.92. The lowest BCUT2D eigenvalue weighted by Gasteiger charge is -2.18. The van der Waals surface area contributed by atoms with Crippen molar-refractivity contribution in [2.24, 2.45) is 38.2 Å². The lowest BCUT2D eigenvalue weighted by molar-refractivity contribution is -0.127. The lowest BCUT2D eigenvalue weighted by Crippen LogP contribution is -2.36. The highest BCUT2D eigenvalue weighted by molar-refractivity contribution is 6.03. The molecular weight excluding hydrogens is 615 g/mol.